The third-order valence-corrected chi connectivity index (χ3v) is 4.53. The Morgan fingerprint density at radius 3 is 2.75 bits per heavy atom. The van der Waals surface area contributed by atoms with Crippen molar-refractivity contribution >= 4 is 17.5 Å². The maximum atomic E-state index is 11.3. The number of carboxylic acids is 1. The van der Waals surface area contributed by atoms with Gasteiger partial charge in [0, 0.05) is 23.8 Å². The molecule has 6 heteroatoms. The van der Waals surface area contributed by atoms with Gasteiger partial charge in [-0.2, -0.15) is 5.26 Å². The maximum Gasteiger partial charge on any atom is 0.335 e. The molecule has 1 aromatic heterocycles. The van der Waals surface area contributed by atoms with Crippen LogP contribution in [-0.2, 0) is 0 Å². The number of nitrogens with one attached hydrogen (secondary N) is 2. The van der Waals surface area contributed by atoms with Crippen molar-refractivity contribution in [2.75, 3.05) is 10.6 Å². The lowest BCUT2D eigenvalue weighted by atomic mass is 9.83. The summed E-state index contributed by atoms with van der Waals surface area (Å²) in [5, 5.41) is 24.9. The molecule has 1 aliphatic rings. The first-order valence-corrected chi connectivity index (χ1v) is 7.76. The number of hydrogen-bond donors (Lipinski definition) is 3. The molecule has 122 valence electrons. The lowest BCUT2D eigenvalue weighted by Crippen LogP contribution is -2.37. The summed E-state index contributed by atoms with van der Waals surface area (Å²) in [4.78, 5) is 15.5. The van der Waals surface area contributed by atoms with E-state index in [-0.39, 0.29) is 23.6 Å². The normalized spacial score (nSPS) is 22.0. The van der Waals surface area contributed by atoms with E-state index in [9.17, 15) is 9.90 Å². The molecule has 0 amide bonds. The fourth-order valence-corrected chi connectivity index (χ4v) is 2.95. The van der Waals surface area contributed by atoms with Crippen LogP contribution >= 0.6 is 0 Å². The maximum absolute atomic E-state index is 11.3. The van der Waals surface area contributed by atoms with Gasteiger partial charge in [0.2, 0.25) is 0 Å². The summed E-state index contributed by atoms with van der Waals surface area (Å²) in [7, 11) is 0. The molecule has 0 saturated heterocycles. The molecule has 3 atom stereocenters. The van der Waals surface area contributed by atoms with Gasteiger partial charge in [-0.05, 0) is 42.8 Å². The first kappa shape index (κ1) is 15.8. The first-order chi connectivity index (χ1) is 11.5. The SMILES string of the molecule is C[C@H]1[C@H](C)Nc2ccc(C(=O)O)cc2[C@@H]1Nc1ccc(C#N)cn1. The van der Waals surface area contributed by atoms with Crippen molar-refractivity contribution in [3.05, 3.63) is 53.2 Å². The second-order valence-corrected chi connectivity index (χ2v) is 6.07. The van der Waals surface area contributed by atoms with Crippen molar-refractivity contribution in [3.8, 4) is 6.07 Å². The van der Waals surface area contributed by atoms with E-state index < -0.39 is 5.97 Å². The largest absolute Gasteiger partial charge is 0.478 e. The molecule has 1 aliphatic heterocycles. The van der Waals surface area contributed by atoms with E-state index in [2.05, 4.69) is 29.5 Å². The van der Waals surface area contributed by atoms with Gasteiger partial charge in [-0.15, -0.1) is 0 Å². The zero-order valence-corrected chi connectivity index (χ0v) is 13.4. The molecule has 0 saturated carbocycles. The second-order valence-electron chi connectivity index (χ2n) is 6.07. The van der Waals surface area contributed by atoms with Gasteiger partial charge in [-0.25, -0.2) is 9.78 Å². The fraction of sp³-hybridized carbons (Fsp3) is 0.278. The molecule has 24 heavy (non-hydrogen) atoms. The van der Waals surface area contributed by atoms with Crippen LogP contribution in [0.2, 0.25) is 0 Å². The van der Waals surface area contributed by atoms with Crippen molar-refractivity contribution < 1.29 is 9.90 Å². The molecular formula is C18H18N4O2. The number of pyridine rings is 1. The molecule has 6 nitrogen and oxygen atoms in total. The van der Waals surface area contributed by atoms with Crippen LogP contribution in [0.15, 0.2) is 36.5 Å². The van der Waals surface area contributed by atoms with Crippen molar-refractivity contribution in [2.45, 2.75) is 25.9 Å². The molecule has 0 spiro atoms. The molecule has 3 N–H and O–H groups in total. The van der Waals surface area contributed by atoms with Gasteiger partial charge >= 0.3 is 5.97 Å². The Labute approximate surface area is 140 Å². The number of anilines is 2. The highest BCUT2D eigenvalue weighted by molar-refractivity contribution is 5.88. The fourth-order valence-electron chi connectivity index (χ4n) is 2.95. The summed E-state index contributed by atoms with van der Waals surface area (Å²) in [6.07, 6.45) is 1.52. The molecule has 0 unspecified atom stereocenters. The Kier molecular flexibility index (Phi) is 4.09. The molecule has 3 rings (SSSR count). The van der Waals surface area contributed by atoms with E-state index in [1.54, 1.807) is 24.3 Å². The number of carbonyl (C=O) groups is 1. The summed E-state index contributed by atoms with van der Waals surface area (Å²) in [6.45, 7) is 4.20. The molecule has 0 aliphatic carbocycles. The van der Waals surface area contributed by atoms with Crippen LogP contribution in [-0.4, -0.2) is 22.1 Å². The van der Waals surface area contributed by atoms with Crippen molar-refractivity contribution in [3.63, 3.8) is 0 Å². The molecule has 0 fully saturated rings. The topological polar surface area (TPSA) is 98.0 Å². The highest BCUT2D eigenvalue weighted by atomic mass is 16.4. The lowest BCUT2D eigenvalue weighted by Gasteiger charge is -2.38. The van der Waals surface area contributed by atoms with Crippen molar-refractivity contribution in [2.24, 2.45) is 5.92 Å². The van der Waals surface area contributed by atoms with Gasteiger partial charge in [0.1, 0.15) is 11.9 Å². The van der Waals surface area contributed by atoms with Gasteiger partial charge in [0.25, 0.3) is 0 Å². The zero-order valence-electron chi connectivity index (χ0n) is 13.4. The third kappa shape index (κ3) is 2.88. The van der Waals surface area contributed by atoms with Crippen LogP contribution in [0, 0.1) is 17.2 Å². The van der Waals surface area contributed by atoms with E-state index in [0.29, 0.717) is 11.4 Å². The molecule has 2 heterocycles. The van der Waals surface area contributed by atoms with E-state index >= 15 is 0 Å². The molecular weight excluding hydrogens is 304 g/mol. The van der Waals surface area contributed by atoms with Gasteiger partial charge in [0.05, 0.1) is 17.2 Å². The second kappa shape index (κ2) is 6.20. The van der Waals surface area contributed by atoms with Gasteiger partial charge in [-0.1, -0.05) is 6.92 Å². The van der Waals surface area contributed by atoms with Crippen molar-refractivity contribution in [1.82, 2.24) is 4.98 Å². The standard InChI is InChI=1S/C18H18N4O2/c1-10-11(2)21-15-5-4-13(18(23)24)7-14(15)17(10)22-16-6-3-12(8-19)9-20-16/h3-7,9-11,17,21H,1-2H3,(H,20,22)(H,23,24)/t10-,11-,17+/m0/s1. The van der Waals surface area contributed by atoms with E-state index in [1.807, 2.05) is 12.1 Å². The predicted molar refractivity (Wildman–Crippen MR) is 91.0 cm³/mol. The van der Waals surface area contributed by atoms with Crippen molar-refractivity contribution in [1.29, 1.82) is 5.26 Å². The van der Waals surface area contributed by atoms with Crippen LogP contribution in [0.1, 0.15) is 41.4 Å². The number of aromatic nitrogens is 1. The Balaban J connectivity index is 1.97. The third-order valence-electron chi connectivity index (χ3n) is 4.53. The number of carboxylic acid groups (broad SMARTS) is 1. The van der Waals surface area contributed by atoms with Gasteiger partial charge < -0.3 is 15.7 Å². The predicted octanol–water partition coefficient (Wildman–Crippen LogP) is 3.25. The van der Waals surface area contributed by atoms with Gasteiger partial charge in [0.15, 0.2) is 0 Å². The summed E-state index contributed by atoms with van der Waals surface area (Å²) in [5.74, 6) is -0.0649. The number of aromatic carboxylic acids is 1. The first-order valence-electron chi connectivity index (χ1n) is 7.76. The highest BCUT2D eigenvalue weighted by Crippen LogP contribution is 2.39. The summed E-state index contributed by atoms with van der Waals surface area (Å²) in [6, 6.07) is 10.8. The highest BCUT2D eigenvalue weighted by Gasteiger charge is 2.32. The van der Waals surface area contributed by atoms with Gasteiger partial charge in [-0.3, -0.25) is 0 Å². The van der Waals surface area contributed by atoms with Crippen LogP contribution in [0.5, 0.6) is 0 Å². The number of hydrogen-bond acceptors (Lipinski definition) is 5. The summed E-state index contributed by atoms with van der Waals surface area (Å²) >= 11 is 0. The number of nitrogens with zero attached hydrogens (tertiary/aromatic N) is 2. The lowest BCUT2D eigenvalue weighted by molar-refractivity contribution is 0.0696. The monoisotopic (exact) mass is 322 g/mol. The van der Waals surface area contributed by atoms with Crippen LogP contribution in [0.25, 0.3) is 0 Å². The molecule has 0 bridgehead atoms. The Morgan fingerprint density at radius 1 is 1.33 bits per heavy atom. The molecule has 2 aromatic rings. The number of nitriles is 1. The number of fused-ring (bicyclic) bond motifs is 1. The van der Waals surface area contributed by atoms with E-state index in [4.69, 9.17) is 5.26 Å². The summed E-state index contributed by atoms with van der Waals surface area (Å²) in [5.41, 5.74) is 2.60. The minimum absolute atomic E-state index is 0.0732. The van der Waals surface area contributed by atoms with Crippen LogP contribution < -0.4 is 10.6 Å². The number of benzene rings is 1. The van der Waals surface area contributed by atoms with E-state index in [1.165, 1.54) is 6.20 Å². The molecule has 0 radical (unpaired) electrons. The Bertz CT molecular complexity index is 811. The van der Waals surface area contributed by atoms with Crippen LogP contribution in [0.4, 0.5) is 11.5 Å². The average Bonchev–Trinajstić information content (AvgIpc) is 2.59. The minimum Gasteiger partial charge on any atom is -0.478 e. The molecule has 1 aromatic carbocycles. The average molecular weight is 322 g/mol. The summed E-state index contributed by atoms with van der Waals surface area (Å²) < 4.78 is 0. The smallest absolute Gasteiger partial charge is 0.335 e. The Morgan fingerprint density at radius 2 is 2.12 bits per heavy atom. The van der Waals surface area contributed by atoms with Crippen LogP contribution in [0.3, 0.4) is 0 Å². The Hall–Kier alpha value is -3.07. The number of rotatable bonds is 3. The quantitative estimate of drug-likeness (QED) is 0.802. The van der Waals surface area contributed by atoms with E-state index in [0.717, 1.165) is 11.3 Å². The minimum atomic E-state index is -0.945. The zero-order chi connectivity index (χ0) is 17.3.